The van der Waals surface area contributed by atoms with Gasteiger partial charge < -0.3 is 45.7 Å². The summed E-state index contributed by atoms with van der Waals surface area (Å²) in [5.41, 5.74) is 5.12. The summed E-state index contributed by atoms with van der Waals surface area (Å²) in [5, 5.41) is 7.93. The Balaban J connectivity index is 1.52. The third-order valence-electron chi connectivity index (χ3n) is 18.2. The first-order valence-electron chi connectivity index (χ1n) is 32.4. The maximum Gasteiger partial charge on any atom is 0.408 e. The van der Waals surface area contributed by atoms with Crippen molar-refractivity contribution in [1.82, 2.24) is 35.4 Å². The number of ether oxygens (including phenoxy) is 3. The molecule has 2 aromatic carbocycles. The van der Waals surface area contributed by atoms with E-state index in [9.17, 15) is 51.6 Å². The van der Waals surface area contributed by atoms with Gasteiger partial charge in [0.25, 0.3) is 10.0 Å². The highest BCUT2D eigenvalue weighted by Crippen LogP contribution is 2.51. The summed E-state index contributed by atoms with van der Waals surface area (Å²) in [6, 6.07) is 10.6. The molecule has 0 unspecified atom stereocenters. The van der Waals surface area contributed by atoms with E-state index in [2.05, 4.69) is 20.7 Å². The Bertz CT molecular complexity index is 2890. The number of carbonyl (C=O) groups is 9. The molecule has 2 aromatic rings. The average Bonchev–Trinajstić information content (AvgIpc) is 1.65. The number of hydrogen-bond donors (Lipinski definition) is 5. The molecule has 510 valence electrons. The third-order valence-corrected chi connectivity index (χ3v) is 19.6. The lowest BCUT2D eigenvalue weighted by atomic mass is 9.83. The number of likely N-dealkylation sites (N-methyl/N-ethyl adjacent to an activating group) is 2. The van der Waals surface area contributed by atoms with Gasteiger partial charge >= 0.3 is 12.1 Å². The Kier molecular flexibility index (Phi) is 29.3. The zero-order chi connectivity index (χ0) is 68.5. The van der Waals surface area contributed by atoms with E-state index >= 15 is 0 Å². The lowest BCUT2D eigenvalue weighted by Gasteiger charge is -2.41. The lowest BCUT2D eigenvalue weighted by molar-refractivity contribution is -0.149. The standard InChI is InChI=1S/C68H108N8O14S/c1-18-44(8)60(75(15)64(83)50(41(2)3)38-54(78)59(43(6)7)74(13)14)56(88-16)39-57(80)76-35-23-27-52(76)61(89-17)45(9)53(77)37-47(36-46-24-20-19-21-25-46)62(81)73-91(86,87)49-30-28-48(29-31-49)68(32-33-68)40-55(79)51(26-22-34-70-65(69)84)71-63(82)58(42(4)5)72-66(85)90-67(10,11)12/h19-21,24-25,28-31,41-45,47,50-52,56,58-61H,18,22-23,26-27,32-40H2,1-17H3,(H,71,82)(H,72,85)(H,73,81)(H3,69,70,84)/t44-,45-,47+,50-,51-,52-,56+,58-,59-,60-,61+/m0/s1. The first kappa shape index (κ1) is 77.1. The van der Waals surface area contributed by atoms with Crippen molar-refractivity contribution in [2.45, 2.75) is 218 Å². The summed E-state index contributed by atoms with van der Waals surface area (Å²) >= 11 is 0. The number of benzene rings is 2. The van der Waals surface area contributed by atoms with Crippen molar-refractivity contribution in [1.29, 1.82) is 0 Å². The van der Waals surface area contributed by atoms with Gasteiger partial charge in [-0.3, -0.25) is 38.5 Å². The Hall–Kier alpha value is -6.30. The number of urea groups is 1. The van der Waals surface area contributed by atoms with Crippen LogP contribution >= 0.6 is 0 Å². The van der Waals surface area contributed by atoms with E-state index in [1.54, 1.807) is 101 Å². The molecule has 1 saturated carbocycles. The van der Waals surface area contributed by atoms with Crippen molar-refractivity contribution in [3.8, 4) is 0 Å². The number of nitrogens with two attached hydrogens (primary N) is 1. The normalized spacial score (nSPS) is 18.2. The number of primary amides is 1. The summed E-state index contributed by atoms with van der Waals surface area (Å²) in [7, 11) is 3.94. The maximum absolute atomic E-state index is 14.7. The van der Waals surface area contributed by atoms with Crippen LogP contribution in [-0.2, 0) is 69.6 Å². The fourth-order valence-electron chi connectivity index (χ4n) is 12.9. The average molecular weight is 1290 g/mol. The quantitative estimate of drug-likeness (QED) is 0.0409. The Morgan fingerprint density at radius 1 is 0.769 bits per heavy atom. The van der Waals surface area contributed by atoms with E-state index in [0.717, 1.165) is 0 Å². The second-order valence-electron chi connectivity index (χ2n) is 27.6. The van der Waals surface area contributed by atoms with Gasteiger partial charge in [-0.25, -0.2) is 22.7 Å². The summed E-state index contributed by atoms with van der Waals surface area (Å²) in [6.45, 7) is 22.7. The van der Waals surface area contributed by atoms with Gasteiger partial charge in [0.15, 0.2) is 11.6 Å². The van der Waals surface area contributed by atoms with Crippen LogP contribution < -0.4 is 26.4 Å². The molecular formula is C68H108N8O14S. The third kappa shape index (κ3) is 22.2. The number of Topliss-reactive ketones (excluding diaryl/α,β-unsaturated/α-hetero) is 3. The summed E-state index contributed by atoms with van der Waals surface area (Å²) < 4.78 is 48.1. The number of ketones is 3. The number of methoxy groups -OCH3 is 2. The smallest absolute Gasteiger partial charge is 0.408 e. The fraction of sp³-hybridized carbons (Fsp3) is 0.691. The highest BCUT2D eigenvalue weighted by Gasteiger charge is 2.48. The Morgan fingerprint density at radius 3 is 1.91 bits per heavy atom. The first-order valence-corrected chi connectivity index (χ1v) is 33.9. The molecule has 23 heteroatoms. The van der Waals surface area contributed by atoms with Crippen LogP contribution in [0.3, 0.4) is 0 Å². The zero-order valence-corrected chi connectivity index (χ0v) is 58.0. The topological polar surface area (TPSA) is 299 Å². The predicted molar refractivity (Wildman–Crippen MR) is 349 cm³/mol. The molecule has 1 aliphatic carbocycles. The molecule has 11 atom stereocenters. The van der Waals surface area contributed by atoms with Crippen LogP contribution in [0.4, 0.5) is 9.59 Å². The molecule has 1 saturated heterocycles. The number of nitrogens with zero attached hydrogens (tertiary/aromatic N) is 3. The molecule has 2 fully saturated rings. The highest BCUT2D eigenvalue weighted by molar-refractivity contribution is 7.90. The van der Waals surface area contributed by atoms with Crippen LogP contribution in [0, 0.1) is 41.4 Å². The molecule has 1 aliphatic heterocycles. The second kappa shape index (κ2) is 34.6. The largest absolute Gasteiger partial charge is 0.444 e. The highest BCUT2D eigenvalue weighted by atomic mass is 32.2. The van der Waals surface area contributed by atoms with Gasteiger partial charge in [-0.2, -0.15) is 0 Å². The van der Waals surface area contributed by atoms with Crippen LogP contribution in [0.25, 0.3) is 0 Å². The number of hydrogen-bond acceptors (Lipinski definition) is 15. The molecule has 0 spiro atoms. The van der Waals surface area contributed by atoms with E-state index in [4.69, 9.17) is 19.9 Å². The van der Waals surface area contributed by atoms with Gasteiger partial charge in [0, 0.05) is 76.8 Å². The zero-order valence-electron chi connectivity index (χ0n) is 57.2. The Labute approximate surface area is 541 Å². The van der Waals surface area contributed by atoms with Gasteiger partial charge in [-0.1, -0.05) is 111 Å². The number of likely N-dealkylation sites (tertiary alicyclic amines) is 1. The van der Waals surface area contributed by atoms with Gasteiger partial charge in [-0.15, -0.1) is 0 Å². The number of sulfonamides is 1. The van der Waals surface area contributed by atoms with E-state index in [0.29, 0.717) is 49.8 Å². The summed E-state index contributed by atoms with van der Waals surface area (Å²) in [5.74, 6) is -5.77. The number of nitrogens with one attached hydrogen (secondary N) is 4. The summed E-state index contributed by atoms with van der Waals surface area (Å²) in [4.78, 5) is 129. The minimum Gasteiger partial charge on any atom is -0.444 e. The second-order valence-corrected chi connectivity index (χ2v) is 29.3. The molecule has 6 N–H and O–H groups in total. The van der Waals surface area contributed by atoms with E-state index in [-0.39, 0.29) is 115 Å². The molecule has 91 heavy (non-hydrogen) atoms. The van der Waals surface area contributed by atoms with Crippen molar-refractivity contribution in [2.75, 3.05) is 48.5 Å². The molecule has 2 aliphatic rings. The fourth-order valence-corrected chi connectivity index (χ4v) is 13.9. The molecule has 0 bridgehead atoms. The van der Waals surface area contributed by atoms with Crippen molar-refractivity contribution >= 4 is 63.1 Å². The first-order chi connectivity index (χ1) is 42.5. The van der Waals surface area contributed by atoms with Gasteiger partial charge in [0.2, 0.25) is 23.6 Å². The van der Waals surface area contributed by atoms with Crippen LogP contribution in [0.1, 0.15) is 165 Å². The van der Waals surface area contributed by atoms with Gasteiger partial charge in [0.05, 0.1) is 47.7 Å². The SMILES string of the molecule is CC[C@H](C)[C@@H]([C@@H](CC(=O)N1CCC[C@H]1[C@H](OC)[C@@H](C)C(=O)C[C@@H](Cc1ccccc1)C(=O)NS(=O)(=O)c1ccc(C2(CC(=O)[C@H](CCCNC(N)=O)NC(=O)[C@@H](NC(=O)OC(C)(C)C)C(C)C)CC2)cc1)OC)N(C)C(=O)[C@@H](CC(=O)[C@H](C(C)C)N(C)C)C(C)C. The molecule has 1 heterocycles. The van der Waals surface area contributed by atoms with E-state index in [1.807, 2.05) is 60.5 Å². The van der Waals surface area contributed by atoms with Crippen molar-refractivity contribution < 1.29 is 65.8 Å². The molecular weight excluding hydrogens is 1180 g/mol. The van der Waals surface area contributed by atoms with Crippen molar-refractivity contribution in [2.24, 2.45) is 47.2 Å². The number of carbonyl (C=O) groups excluding carboxylic acids is 9. The molecule has 7 amide bonds. The number of amides is 7. The van der Waals surface area contributed by atoms with Crippen LogP contribution in [0.5, 0.6) is 0 Å². The van der Waals surface area contributed by atoms with Crippen LogP contribution in [-0.4, -0.2) is 173 Å². The van der Waals surface area contributed by atoms with Crippen LogP contribution in [0.15, 0.2) is 59.5 Å². The van der Waals surface area contributed by atoms with Crippen molar-refractivity contribution in [3.63, 3.8) is 0 Å². The molecule has 4 rings (SSSR count). The minimum absolute atomic E-state index is 0.00325. The van der Waals surface area contributed by atoms with Crippen molar-refractivity contribution in [3.05, 3.63) is 65.7 Å². The minimum atomic E-state index is -4.53. The maximum atomic E-state index is 14.7. The predicted octanol–water partition coefficient (Wildman–Crippen LogP) is 7.52. The molecule has 22 nitrogen and oxygen atoms in total. The lowest BCUT2D eigenvalue weighted by Crippen LogP contribution is -2.54. The van der Waals surface area contributed by atoms with E-state index in [1.165, 1.54) is 26.4 Å². The summed E-state index contributed by atoms with van der Waals surface area (Å²) in [6.07, 6.45) is 0.773. The Morgan fingerprint density at radius 2 is 1.40 bits per heavy atom. The van der Waals surface area contributed by atoms with Crippen LogP contribution in [0.2, 0.25) is 0 Å². The van der Waals surface area contributed by atoms with Gasteiger partial charge in [-0.05, 0) is 127 Å². The number of rotatable bonds is 37. The molecule has 0 radical (unpaired) electrons. The van der Waals surface area contributed by atoms with E-state index < -0.39 is 99.1 Å². The number of alkyl carbamates (subject to hydrolysis) is 1. The molecule has 0 aromatic heterocycles. The van der Waals surface area contributed by atoms with Gasteiger partial charge in [0.1, 0.15) is 17.4 Å². The monoisotopic (exact) mass is 1290 g/mol.